The van der Waals surface area contributed by atoms with Crippen molar-refractivity contribution in [3.05, 3.63) is 27.0 Å². The van der Waals surface area contributed by atoms with Crippen LogP contribution in [-0.4, -0.2) is 26.4 Å². The zero-order valence-electron chi connectivity index (χ0n) is 9.62. The second-order valence-corrected chi connectivity index (χ2v) is 3.84. The zero-order valence-corrected chi connectivity index (χ0v) is 9.62. The van der Waals surface area contributed by atoms with Crippen LogP contribution in [0.25, 0.3) is 11.0 Å². The summed E-state index contributed by atoms with van der Waals surface area (Å²) in [6.45, 7) is 2.78. The molecule has 92 valence electrons. The highest BCUT2D eigenvalue weighted by Gasteiger charge is 2.07. The molecule has 0 saturated heterocycles. The van der Waals surface area contributed by atoms with Gasteiger partial charge in [0.05, 0.1) is 6.20 Å². The Balaban J connectivity index is 2.30. The topological polar surface area (TPSA) is 95.6 Å². The Morgan fingerprint density at radius 3 is 3.00 bits per heavy atom. The van der Waals surface area contributed by atoms with E-state index in [1.54, 1.807) is 0 Å². The predicted octanol–water partition coefficient (Wildman–Crippen LogP) is 0.147. The van der Waals surface area contributed by atoms with Gasteiger partial charge < -0.3 is 5.43 Å². The summed E-state index contributed by atoms with van der Waals surface area (Å²) >= 11 is 0. The second kappa shape index (κ2) is 4.86. The maximum absolute atomic E-state index is 11.6. The minimum Gasteiger partial charge on any atom is -0.320 e. The van der Waals surface area contributed by atoms with Gasteiger partial charge in [0.2, 0.25) is 0 Å². The molecule has 7 nitrogen and oxygen atoms in total. The summed E-state index contributed by atoms with van der Waals surface area (Å²) in [5.41, 5.74) is 2.46. The van der Waals surface area contributed by atoms with Crippen molar-refractivity contribution in [1.82, 2.24) is 19.9 Å². The number of hydrogen-bond donors (Lipinski definition) is 3. The normalized spacial score (nSPS) is 10.9. The highest BCUT2D eigenvalue weighted by Crippen LogP contribution is 2.00. The van der Waals surface area contributed by atoms with Crippen LogP contribution in [0, 0.1) is 0 Å². The molecule has 2 heterocycles. The van der Waals surface area contributed by atoms with Gasteiger partial charge >= 0.3 is 5.69 Å². The van der Waals surface area contributed by atoms with Gasteiger partial charge in [0, 0.05) is 6.54 Å². The second-order valence-electron chi connectivity index (χ2n) is 3.84. The minimum absolute atomic E-state index is 0.368. The molecule has 0 radical (unpaired) electrons. The van der Waals surface area contributed by atoms with E-state index in [1.165, 1.54) is 10.9 Å². The van der Waals surface area contributed by atoms with Gasteiger partial charge in [0.25, 0.3) is 5.56 Å². The van der Waals surface area contributed by atoms with Gasteiger partial charge in [-0.2, -0.15) is 9.77 Å². The third-order valence-corrected chi connectivity index (χ3v) is 2.56. The third-order valence-electron chi connectivity index (χ3n) is 2.56. The summed E-state index contributed by atoms with van der Waals surface area (Å²) in [5, 5.41) is 6.77. The average Bonchev–Trinajstić information content (AvgIpc) is 2.77. The van der Waals surface area contributed by atoms with E-state index in [0.717, 1.165) is 19.3 Å². The molecule has 0 aliphatic carbocycles. The molecule has 2 aromatic rings. The number of aromatic amines is 2. The van der Waals surface area contributed by atoms with E-state index in [4.69, 9.17) is 0 Å². The standard InChI is InChI=1S/C10H15N5O2/c1-2-3-4-5-12-15-8-7(6-11-14-8)9(16)13-10(15)17/h6,12H,2-5H2,1H3,(H,11,14)(H,13,16,17). The van der Waals surface area contributed by atoms with Crippen molar-refractivity contribution in [3.8, 4) is 0 Å². The van der Waals surface area contributed by atoms with Crippen LogP contribution in [0.5, 0.6) is 0 Å². The molecule has 0 spiro atoms. The monoisotopic (exact) mass is 237 g/mol. The van der Waals surface area contributed by atoms with Crippen molar-refractivity contribution in [3.63, 3.8) is 0 Å². The highest BCUT2D eigenvalue weighted by molar-refractivity contribution is 5.72. The molecule has 0 atom stereocenters. The van der Waals surface area contributed by atoms with Crippen LogP contribution in [0.1, 0.15) is 26.2 Å². The molecule has 0 aromatic carbocycles. The molecule has 0 unspecified atom stereocenters. The Morgan fingerprint density at radius 2 is 2.24 bits per heavy atom. The average molecular weight is 237 g/mol. The lowest BCUT2D eigenvalue weighted by Gasteiger charge is -2.08. The number of aromatic nitrogens is 4. The van der Waals surface area contributed by atoms with Crippen molar-refractivity contribution < 1.29 is 0 Å². The Bertz CT molecular complexity index is 609. The molecule has 0 aliphatic heterocycles. The number of nitrogens with zero attached hydrogens (tertiary/aromatic N) is 2. The molecule has 2 aromatic heterocycles. The summed E-state index contributed by atoms with van der Waals surface area (Å²) in [6, 6.07) is 0. The van der Waals surface area contributed by atoms with Gasteiger partial charge in [0.1, 0.15) is 5.39 Å². The Morgan fingerprint density at radius 1 is 1.41 bits per heavy atom. The SMILES string of the molecule is CCCCCNn1c(=O)[nH]c(=O)c2cn[nH]c21. The summed E-state index contributed by atoms with van der Waals surface area (Å²) < 4.78 is 1.29. The van der Waals surface area contributed by atoms with Crippen LogP contribution in [0.4, 0.5) is 0 Å². The molecule has 0 fully saturated rings. The largest absolute Gasteiger partial charge is 0.348 e. The van der Waals surface area contributed by atoms with Crippen LogP contribution >= 0.6 is 0 Å². The van der Waals surface area contributed by atoms with E-state index >= 15 is 0 Å². The van der Waals surface area contributed by atoms with Crippen molar-refractivity contribution >= 4 is 11.0 Å². The summed E-state index contributed by atoms with van der Waals surface area (Å²) in [5.74, 6) is 0. The Labute approximate surface area is 96.8 Å². The lowest BCUT2D eigenvalue weighted by Crippen LogP contribution is -2.36. The first-order valence-electron chi connectivity index (χ1n) is 5.66. The molecule has 0 saturated carbocycles. The number of rotatable bonds is 5. The molecule has 0 aliphatic rings. The number of unbranched alkanes of at least 4 members (excludes halogenated alkanes) is 2. The lowest BCUT2D eigenvalue weighted by molar-refractivity contribution is 0.690. The number of H-pyrrole nitrogens is 2. The fourth-order valence-corrected chi connectivity index (χ4v) is 1.65. The predicted molar refractivity (Wildman–Crippen MR) is 64.7 cm³/mol. The van der Waals surface area contributed by atoms with Gasteiger partial charge in [0.15, 0.2) is 5.65 Å². The number of fused-ring (bicyclic) bond motifs is 1. The molecular weight excluding hydrogens is 222 g/mol. The molecule has 3 N–H and O–H groups in total. The maximum Gasteiger partial charge on any atom is 0.348 e. The summed E-state index contributed by atoms with van der Waals surface area (Å²) in [4.78, 5) is 25.3. The van der Waals surface area contributed by atoms with E-state index in [2.05, 4.69) is 27.5 Å². The van der Waals surface area contributed by atoms with E-state index in [1.807, 2.05) is 0 Å². The quantitative estimate of drug-likeness (QED) is 0.645. The Hall–Kier alpha value is -2.05. The third kappa shape index (κ3) is 2.22. The zero-order chi connectivity index (χ0) is 12.3. The van der Waals surface area contributed by atoms with Crippen LogP contribution in [0.3, 0.4) is 0 Å². The minimum atomic E-state index is -0.483. The molecule has 17 heavy (non-hydrogen) atoms. The number of nitrogens with one attached hydrogen (secondary N) is 3. The van der Waals surface area contributed by atoms with Crippen molar-refractivity contribution in [2.45, 2.75) is 26.2 Å². The Kier molecular flexibility index (Phi) is 3.27. The van der Waals surface area contributed by atoms with E-state index in [9.17, 15) is 9.59 Å². The highest BCUT2D eigenvalue weighted by atomic mass is 16.2. The van der Waals surface area contributed by atoms with Crippen LogP contribution in [-0.2, 0) is 0 Å². The first-order chi connectivity index (χ1) is 8.24. The first-order valence-corrected chi connectivity index (χ1v) is 5.66. The van der Waals surface area contributed by atoms with E-state index in [-0.39, 0.29) is 0 Å². The van der Waals surface area contributed by atoms with Crippen LogP contribution < -0.4 is 16.7 Å². The van der Waals surface area contributed by atoms with Crippen LogP contribution in [0.15, 0.2) is 15.8 Å². The molecular formula is C10H15N5O2. The van der Waals surface area contributed by atoms with Crippen LogP contribution in [0.2, 0.25) is 0 Å². The van der Waals surface area contributed by atoms with Crippen molar-refractivity contribution in [1.29, 1.82) is 0 Å². The van der Waals surface area contributed by atoms with Crippen molar-refractivity contribution in [2.24, 2.45) is 0 Å². The van der Waals surface area contributed by atoms with Gasteiger partial charge in [-0.3, -0.25) is 14.9 Å². The fraction of sp³-hybridized carbons (Fsp3) is 0.500. The van der Waals surface area contributed by atoms with Crippen molar-refractivity contribution in [2.75, 3.05) is 12.0 Å². The molecule has 7 heteroatoms. The van der Waals surface area contributed by atoms with Gasteiger partial charge in [-0.05, 0) is 6.42 Å². The molecule has 0 amide bonds. The smallest absolute Gasteiger partial charge is 0.320 e. The fourth-order valence-electron chi connectivity index (χ4n) is 1.65. The van der Waals surface area contributed by atoms with Gasteiger partial charge in [-0.1, -0.05) is 19.8 Å². The number of hydrogen-bond acceptors (Lipinski definition) is 4. The molecule has 0 bridgehead atoms. The first kappa shape index (κ1) is 11.4. The van der Waals surface area contributed by atoms with E-state index in [0.29, 0.717) is 17.6 Å². The maximum atomic E-state index is 11.6. The summed E-state index contributed by atoms with van der Waals surface area (Å²) in [7, 11) is 0. The van der Waals surface area contributed by atoms with E-state index < -0.39 is 11.2 Å². The molecule has 2 rings (SSSR count). The lowest BCUT2D eigenvalue weighted by atomic mass is 10.2. The van der Waals surface area contributed by atoms with Gasteiger partial charge in [-0.25, -0.2) is 4.79 Å². The summed E-state index contributed by atoms with van der Waals surface area (Å²) in [6.07, 6.45) is 4.58. The van der Waals surface area contributed by atoms with Gasteiger partial charge in [-0.15, -0.1) is 0 Å².